The summed E-state index contributed by atoms with van der Waals surface area (Å²) < 4.78 is 0. The monoisotopic (exact) mass is 223 g/mol. The Morgan fingerprint density at radius 1 is 1.19 bits per heavy atom. The lowest BCUT2D eigenvalue weighted by atomic mass is 10.2. The molecule has 1 heterocycles. The molecule has 4 heteroatoms. The molecular formula is C12H21N3O. The van der Waals surface area contributed by atoms with E-state index in [0.29, 0.717) is 6.54 Å². The van der Waals surface area contributed by atoms with Crippen molar-refractivity contribution in [3.05, 3.63) is 23.5 Å². The molecule has 0 aromatic carbocycles. The summed E-state index contributed by atoms with van der Waals surface area (Å²) in [5, 5.41) is 9.66. The maximum Gasteiger partial charge on any atom is 0.138 e. The minimum absolute atomic E-state index is 0.280. The zero-order chi connectivity index (χ0) is 12.1. The van der Waals surface area contributed by atoms with Crippen molar-refractivity contribution >= 4 is 0 Å². The molecule has 0 saturated carbocycles. The second-order valence-corrected chi connectivity index (χ2v) is 4.46. The highest BCUT2D eigenvalue weighted by molar-refractivity contribution is 5.27. The van der Waals surface area contributed by atoms with Crippen LogP contribution in [0.2, 0.25) is 0 Å². The fourth-order valence-corrected chi connectivity index (χ4v) is 1.42. The third-order valence-corrected chi connectivity index (χ3v) is 2.44. The molecule has 90 valence electrons. The van der Waals surface area contributed by atoms with Gasteiger partial charge in [0.1, 0.15) is 5.75 Å². The van der Waals surface area contributed by atoms with E-state index in [4.69, 9.17) is 0 Å². The van der Waals surface area contributed by atoms with Crippen LogP contribution in [0.25, 0.3) is 0 Å². The van der Waals surface area contributed by atoms with Gasteiger partial charge in [-0.25, -0.2) is 0 Å². The molecule has 0 radical (unpaired) electrons. The van der Waals surface area contributed by atoms with Crippen LogP contribution in [0.5, 0.6) is 5.75 Å². The van der Waals surface area contributed by atoms with Crippen LogP contribution in [-0.2, 0) is 6.54 Å². The first-order chi connectivity index (χ1) is 7.49. The molecule has 0 fully saturated rings. The highest BCUT2D eigenvalue weighted by Gasteiger charge is 2.07. The Hall–Kier alpha value is -1.13. The maximum atomic E-state index is 9.66. The van der Waals surface area contributed by atoms with Crippen LogP contribution in [0.3, 0.4) is 0 Å². The Balaban J connectivity index is 2.55. The van der Waals surface area contributed by atoms with Crippen molar-refractivity contribution in [2.75, 3.05) is 34.2 Å². The van der Waals surface area contributed by atoms with Crippen LogP contribution in [0.15, 0.2) is 12.1 Å². The van der Waals surface area contributed by atoms with Gasteiger partial charge >= 0.3 is 0 Å². The number of aryl methyl sites for hydroxylation is 1. The Morgan fingerprint density at radius 3 is 2.50 bits per heavy atom. The average molecular weight is 223 g/mol. The van der Waals surface area contributed by atoms with Gasteiger partial charge in [0, 0.05) is 25.3 Å². The van der Waals surface area contributed by atoms with Gasteiger partial charge in [0.25, 0.3) is 0 Å². The average Bonchev–Trinajstić information content (AvgIpc) is 2.20. The van der Waals surface area contributed by atoms with E-state index < -0.39 is 0 Å². The molecule has 1 N–H and O–H groups in total. The predicted octanol–water partition coefficient (Wildman–Crippen LogP) is 1.09. The summed E-state index contributed by atoms with van der Waals surface area (Å²) in [5.41, 5.74) is 1.69. The van der Waals surface area contributed by atoms with Crippen LogP contribution >= 0.6 is 0 Å². The number of rotatable bonds is 5. The van der Waals surface area contributed by atoms with Crippen LogP contribution in [0, 0.1) is 6.92 Å². The van der Waals surface area contributed by atoms with Crippen molar-refractivity contribution in [2.45, 2.75) is 13.5 Å². The Kier molecular flexibility index (Phi) is 4.71. The van der Waals surface area contributed by atoms with E-state index >= 15 is 0 Å². The number of aromatic nitrogens is 1. The number of pyridine rings is 1. The zero-order valence-corrected chi connectivity index (χ0v) is 10.6. The van der Waals surface area contributed by atoms with E-state index in [1.165, 1.54) is 0 Å². The SMILES string of the molecule is Cc1ccc(O)c(CN(C)CCN(C)C)n1. The van der Waals surface area contributed by atoms with E-state index in [1.54, 1.807) is 6.07 Å². The molecule has 4 nitrogen and oxygen atoms in total. The summed E-state index contributed by atoms with van der Waals surface area (Å²) in [6.45, 7) is 4.58. The standard InChI is InChI=1S/C12H21N3O/c1-10-5-6-12(16)11(13-10)9-15(4)8-7-14(2)3/h5-6,16H,7-9H2,1-4H3. The lowest BCUT2D eigenvalue weighted by Gasteiger charge is -2.19. The van der Waals surface area contributed by atoms with Gasteiger partial charge in [-0.15, -0.1) is 0 Å². The van der Waals surface area contributed by atoms with Gasteiger partial charge in [0.05, 0.1) is 5.69 Å². The molecule has 1 rings (SSSR count). The number of hydrogen-bond acceptors (Lipinski definition) is 4. The van der Waals surface area contributed by atoms with Gasteiger partial charge in [-0.05, 0) is 40.2 Å². The van der Waals surface area contributed by atoms with E-state index in [0.717, 1.165) is 24.5 Å². The Bertz CT molecular complexity index is 339. The van der Waals surface area contributed by atoms with Crippen molar-refractivity contribution in [1.82, 2.24) is 14.8 Å². The van der Waals surface area contributed by atoms with Crippen molar-refractivity contribution in [3.8, 4) is 5.75 Å². The van der Waals surface area contributed by atoms with Gasteiger partial charge in [-0.1, -0.05) is 0 Å². The molecule has 16 heavy (non-hydrogen) atoms. The smallest absolute Gasteiger partial charge is 0.138 e. The first-order valence-electron chi connectivity index (χ1n) is 5.48. The van der Waals surface area contributed by atoms with Crippen LogP contribution in [0.4, 0.5) is 0 Å². The highest BCUT2D eigenvalue weighted by Crippen LogP contribution is 2.15. The normalized spacial score (nSPS) is 11.4. The fourth-order valence-electron chi connectivity index (χ4n) is 1.42. The molecule has 0 atom stereocenters. The van der Waals surface area contributed by atoms with E-state index in [2.05, 4.69) is 28.9 Å². The van der Waals surface area contributed by atoms with Crippen molar-refractivity contribution < 1.29 is 5.11 Å². The van der Waals surface area contributed by atoms with Gasteiger partial charge in [-0.2, -0.15) is 0 Å². The molecule has 0 unspecified atom stereocenters. The Labute approximate surface area is 97.5 Å². The molecule has 0 aliphatic carbocycles. The molecule has 1 aromatic rings. The molecular weight excluding hydrogens is 202 g/mol. The first kappa shape index (κ1) is 12.9. The molecule has 0 aliphatic rings. The minimum atomic E-state index is 0.280. The Morgan fingerprint density at radius 2 is 1.88 bits per heavy atom. The predicted molar refractivity (Wildman–Crippen MR) is 65.5 cm³/mol. The molecule has 0 bridgehead atoms. The minimum Gasteiger partial charge on any atom is -0.506 e. The first-order valence-corrected chi connectivity index (χ1v) is 5.48. The number of hydrogen-bond donors (Lipinski definition) is 1. The third-order valence-electron chi connectivity index (χ3n) is 2.44. The summed E-state index contributed by atoms with van der Waals surface area (Å²) in [6, 6.07) is 3.52. The number of likely N-dealkylation sites (N-methyl/N-ethyl adjacent to an activating group) is 2. The van der Waals surface area contributed by atoms with Gasteiger partial charge in [0.15, 0.2) is 0 Å². The van der Waals surface area contributed by atoms with E-state index in [-0.39, 0.29) is 5.75 Å². The molecule has 0 amide bonds. The van der Waals surface area contributed by atoms with Gasteiger partial charge in [-0.3, -0.25) is 9.88 Å². The number of nitrogens with zero attached hydrogens (tertiary/aromatic N) is 3. The molecule has 0 spiro atoms. The second kappa shape index (κ2) is 5.82. The molecule has 0 saturated heterocycles. The lowest BCUT2D eigenvalue weighted by Crippen LogP contribution is -2.28. The lowest BCUT2D eigenvalue weighted by molar-refractivity contribution is 0.270. The zero-order valence-electron chi connectivity index (χ0n) is 10.6. The van der Waals surface area contributed by atoms with Crippen molar-refractivity contribution in [2.24, 2.45) is 0 Å². The second-order valence-electron chi connectivity index (χ2n) is 4.46. The van der Waals surface area contributed by atoms with Crippen molar-refractivity contribution in [1.29, 1.82) is 0 Å². The maximum absolute atomic E-state index is 9.66. The molecule has 0 aliphatic heterocycles. The summed E-state index contributed by atoms with van der Waals surface area (Å²) >= 11 is 0. The third kappa shape index (κ3) is 4.16. The van der Waals surface area contributed by atoms with E-state index in [1.807, 2.05) is 20.0 Å². The largest absolute Gasteiger partial charge is 0.506 e. The summed E-state index contributed by atoms with van der Waals surface area (Å²) in [6.07, 6.45) is 0. The van der Waals surface area contributed by atoms with Crippen LogP contribution < -0.4 is 0 Å². The van der Waals surface area contributed by atoms with E-state index in [9.17, 15) is 5.11 Å². The fraction of sp³-hybridized carbons (Fsp3) is 0.583. The summed E-state index contributed by atoms with van der Waals surface area (Å²) in [5.74, 6) is 0.280. The van der Waals surface area contributed by atoms with Crippen LogP contribution in [0.1, 0.15) is 11.4 Å². The van der Waals surface area contributed by atoms with Crippen LogP contribution in [-0.4, -0.2) is 54.1 Å². The quantitative estimate of drug-likeness (QED) is 0.811. The topological polar surface area (TPSA) is 39.6 Å². The summed E-state index contributed by atoms with van der Waals surface area (Å²) in [4.78, 5) is 8.63. The van der Waals surface area contributed by atoms with Crippen molar-refractivity contribution in [3.63, 3.8) is 0 Å². The number of aromatic hydroxyl groups is 1. The molecule has 1 aromatic heterocycles. The highest BCUT2D eigenvalue weighted by atomic mass is 16.3. The van der Waals surface area contributed by atoms with Gasteiger partial charge < -0.3 is 10.0 Å². The van der Waals surface area contributed by atoms with Gasteiger partial charge in [0.2, 0.25) is 0 Å². The summed E-state index contributed by atoms with van der Waals surface area (Å²) in [7, 11) is 6.14.